The molecular formula is C16H17N3O. The Kier molecular flexibility index (Phi) is 3.37. The summed E-state index contributed by atoms with van der Waals surface area (Å²) in [6.07, 6.45) is 3.99. The van der Waals surface area contributed by atoms with Crippen molar-refractivity contribution in [1.82, 2.24) is 4.98 Å². The minimum absolute atomic E-state index is 0.0559. The molecule has 0 spiro atoms. The molecule has 1 aliphatic carbocycles. The number of hydrogen-bond donors (Lipinski definition) is 2. The fourth-order valence-corrected chi connectivity index (χ4v) is 2.61. The first-order valence-electron chi connectivity index (χ1n) is 6.80. The highest BCUT2D eigenvalue weighted by Gasteiger charge is 2.23. The Bertz CT molecular complexity index is 622. The van der Waals surface area contributed by atoms with Gasteiger partial charge in [-0.05, 0) is 48.7 Å². The monoisotopic (exact) mass is 267 g/mol. The second kappa shape index (κ2) is 5.33. The van der Waals surface area contributed by atoms with E-state index in [0.29, 0.717) is 0 Å². The third kappa shape index (κ3) is 2.64. The van der Waals surface area contributed by atoms with E-state index < -0.39 is 0 Å². The van der Waals surface area contributed by atoms with Crippen molar-refractivity contribution in [3.63, 3.8) is 0 Å². The maximum Gasteiger partial charge on any atom is 0.221 e. The van der Waals surface area contributed by atoms with Crippen molar-refractivity contribution in [3.05, 3.63) is 53.9 Å². The Labute approximate surface area is 118 Å². The SMILES string of the molecule is CC(=O)Nc1ccc(NC2CCc3cccnc32)cc1. The normalized spacial score (nSPS) is 16.6. The van der Waals surface area contributed by atoms with Gasteiger partial charge in [-0.3, -0.25) is 9.78 Å². The van der Waals surface area contributed by atoms with Crippen LogP contribution in [0.15, 0.2) is 42.6 Å². The van der Waals surface area contributed by atoms with Crippen molar-refractivity contribution in [3.8, 4) is 0 Å². The molecule has 0 saturated heterocycles. The van der Waals surface area contributed by atoms with Gasteiger partial charge in [0.2, 0.25) is 5.91 Å². The summed E-state index contributed by atoms with van der Waals surface area (Å²) in [6.45, 7) is 1.51. The van der Waals surface area contributed by atoms with Crippen molar-refractivity contribution in [2.75, 3.05) is 10.6 Å². The summed E-state index contributed by atoms with van der Waals surface area (Å²) in [5.74, 6) is -0.0559. The number of carbonyl (C=O) groups excluding carboxylic acids is 1. The van der Waals surface area contributed by atoms with Gasteiger partial charge in [0.25, 0.3) is 0 Å². The zero-order valence-electron chi connectivity index (χ0n) is 11.4. The second-order valence-electron chi connectivity index (χ2n) is 5.04. The zero-order chi connectivity index (χ0) is 13.9. The summed E-state index contributed by atoms with van der Waals surface area (Å²) in [5, 5.41) is 6.26. The number of aryl methyl sites for hydroxylation is 1. The Morgan fingerprint density at radius 1 is 1.20 bits per heavy atom. The van der Waals surface area contributed by atoms with Gasteiger partial charge in [-0.2, -0.15) is 0 Å². The van der Waals surface area contributed by atoms with E-state index in [1.165, 1.54) is 12.5 Å². The van der Waals surface area contributed by atoms with E-state index >= 15 is 0 Å². The third-order valence-corrected chi connectivity index (χ3v) is 3.50. The molecule has 4 heteroatoms. The lowest BCUT2D eigenvalue weighted by Crippen LogP contribution is -2.09. The van der Waals surface area contributed by atoms with Gasteiger partial charge in [-0.1, -0.05) is 6.07 Å². The van der Waals surface area contributed by atoms with E-state index in [1.807, 2.05) is 36.5 Å². The summed E-state index contributed by atoms with van der Waals surface area (Å²) in [5.41, 5.74) is 4.34. The quantitative estimate of drug-likeness (QED) is 0.898. The molecule has 1 aromatic heterocycles. The molecule has 1 aliphatic rings. The van der Waals surface area contributed by atoms with Crippen LogP contribution in [0.25, 0.3) is 0 Å². The number of carbonyl (C=O) groups is 1. The average molecular weight is 267 g/mol. The van der Waals surface area contributed by atoms with Crippen LogP contribution in [0.4, 0.5) is 11.4 Å². The van der Waals surface area contributed by atoms with Gasteiger partial charge in [-0.25, -0.2) is 0 Å². The number of benzene rings is 1. The number of hydrogen-bond acceptors (Lipinski definition) is 3. The number of amides is 1. The molecule has 0 bridgehead atoms. The molecule has 1 aromatic carbocycles. The standard InChI is InChI=1S/C16H17N3O/c1-11(20)18-13-5-7-14(8-6-13)19-15-9-4-12-3-2-10-17-16(12)15/h2-3,5-8,10,15,19H,4,9H2,1H3,(H,18,20). The summed E-state index contributed by atoms with van der Waals surface area (Å²) < 4.78 is 0. The highest BCUT2D eigenvalue weighted by Crippen LogP contribution is 2.32. The summed E-state index contributed by atoms with van der Waals surface area (Å²) in [6, 6.07) is 12.2. The molecule has 3 rings (SSSR count). The molecule has 1 atom stereocenters. The molecule has 102 valence electrons. The Morgan fingerprint density at radius 2 is 1.95 bits per heavy atom. The number of anilines is 2. The summed E-state index contributed by atoms with van der Waals surface area (Å²) in [7, 11) is 0. The minimum Gasteiger partial charge on any atom is -0.377 e. The first-order valence-corrected chi connectivity index (χ1v) is 6.80. The highest BCUT2D eigenvalue weighted by molar-refractivity contribution is 5.88. The lowest BCUT2D eigenvalue weighted by Gasteiger charge is -2.15. The van der Waals surface area contributed by atoms with Crippen LogP contribution in [0.2, 0.25) is 0 Å². The van der Waals surface area contributed by atoms with Gasteiger partial charge in [0.1, 0.15) is 0 Å². The number of rotatable bonds is 3. The lowest BCUT2D eigenvalue weighted by molar-refractivity contribution is -0.114. The van der Waals surface area contributed by atoms with Crippen molar-refractivity contribution in [1.29, 1.82) is 0 Å². The predicted molar refractivity (Wildman–Crippen MR) is 79.7 cm³/mol. The molecule has 2 N–H and O–H groups in total. The Balaban J connectivity index is 1.71. The third-order valence-electron chi connectivity index (χ3n) is 3.50. The number of fused-ring (bicyclic) bond motifs is 1. The van der Waals surface area contributed by atoms with Crippen LogP contribution in [-0.4, -0.2) is 10.9 Å². The second-order valence-corrected chi connectivity index (χ2v) is 5.04. The van der Waals surface area contributed by atoms with Crippen LogP contribution in [0.3, 0.4) is 0 Å². The number of aromatic nitrogens is 1. The topological polar surface area (TPSA) is 54.0 Å². The molecule has 0 aliphatic heterocycles. The highest BCUT2D eigenvalue weighted by atomic mass is 16.1. The van der Waals surface area contributed by atoms with E-state index in [1.54, 1.807) is 0 Å². The van der Waals surface area contributed by atoms with Crippen LogP contribution < -0.4 is 10.6 Å². The van der Waals surface area contributed by atoms with Gasteiger partial charge in [0.05, 0.1) is 11.7 Å². The molecule has 20 heavy (non-hydrogen) atoms. The molecule has 1 heterocycles. The van der Waals surface area contributed by atoms with E-state index in [9.17, 15) is 4.79 Å². The lowest BCUT2D eigenvalue weighted by atomic mass is 10.2. The summed E-state index contributed by atoms with van der Waals surface area (Å²) >= 11 is 0. The van der Waals surface area contributed by atoms with Gasteiger partial charge >= 0.3 is 0 Å². The molecular weight excluding hydrogens is 250 g/mol. The van der Waals surface area contributed by atoms with E-state index in [4.69, 9.17) is 0 Å². The smallest absolute Gasteiger partial charge is 0.221 e. The fourth-order valence-electron chi connectivity index (χ4n) is 2.61. The molecule has 0 fully saturated rings. The molecule has 1 unspecified atom stereocenters. The molecule has 0 saturated carbocycles. The zero-order valence-corrected chi connectivity index (χ0v) is 11.4. The van der Waals surface area contributed by atoms with E-state index in [-0.39, 0.29) is 11.9 Å². The largest absolute Gasteiger partial charge is 0.377 e. The maximum atomic E-state index is 11.0. The Morgan fingerprint density at radius 3 is 2.70 bits per heavy atom. The molecule has 0 radical (unpaired) electrons. The van der Waals surface area contributed by atoms with E-state index in [2.05, 4.69) is 21.7 Å². The van der Waals surface area contributed by atoms with E-state index in [0.717, 1.165) is 29.9 Å². The van der Waals surface area contributed by atoms with Crippen molar-refractivity contribution < 1.29 is 4.79 Å². The minimum atomic E-state index is -0.0559. The van der Waals surface area contributed by atoms with Crippen molar-refractivity contribution >= 4 is 17.3 Å². The van der Waals surface area contributed by atoms with Crippen LogP contribution in [-0.2, 0) is 11.2 Å². The molecule has 2 aromatic rings. The van der Waals surface area contributed by atoms with Crippen LogP contribution in [0.1, 0.15) is 30.6 Å². The molecule has 1 amide bonds. The number of nitrogens with zero attached hydrogens (tertiary/aromatic N) is 1. The van der Waals surface area contributed by atoms with Gasteiger partial charge in [0.15, 0.2) is 0 Å². The predicted octanol–water partition coefficient (Wildman–Crippen LogP) is 3.14. The van der Waals surface area contributed by atoms with Crippen LogP contribution in [0, 0.1) is 0 Å². The molecule has 4 nitrogen and oxygen atoms in total. The van der Waals surface area contributed by atoms with Gasteiger partial charge < -0.3 is 10.6 Å². The van der Waals surface area contributed by atoms with Crippen LogP contribution in [0.5, 0.6) is 0 Å². The van der Waals surface area contributed by atoms with Crippen molar-refractivity contribution in [2.45, 2.75) is 25.8 Å². The van der Waals surface area contributed by atoms with Crippen LogP contribution >= 0.6 is 0 Å². The first kappa shape index (κ1) is 12.7. The van der Waals surface area contributed by atoms with Crippen molar-refractivity contribution in [2.24, 2.45) is 0 Å². The number of nitrogens with one attached hydrogen (secondary N) is 2. The first-order chi connectivity index (χ1) is 9.72. The van der Waals surface area contributed by atoms with Gasteiger partial charge in [-0.15, -0.1) is 0 Å². The maximum absolute atomic E-state index is 11.0. The average Bonchev–Trinajstić information content (AvgIpc) is 2.84. The Hall–Kier alpha value is -2.36. The summed E-state index contributed by atoms with van der Waals surface area (Å²) in [4.78, 5) is 15.5. The number of pyridine rings is 1. The van der Waals surface area contributed by atoms with Gasteiger partial charge in [0, 0.05) is 24.5 Å². The fraction of sp³-hybridized carbons (Fsp3) is 0.250.